The average molecular weight is 491 g/mol. The summed E-state index contributed by atoms with van der Waals surface area (Å²) in [5, 5.41) is 23.0. The van der Waals surface area contributed by atoms with Gasteiger partial charge >= 0.3 is 0 Å². The third kappa shape index (κ3) is 5.85. The quantitative estimate of drug-likeness (QED) is 0.0754. The predicted molar refractivity (Wildman–Crippen MR) is 146 cm³/mol. The molecule has 6 nitrogen and oxygen atoms in total. The van der Waals surface area contributed by atoms with Crippen LogP contribution in [0, 0.1) is 21.4 Å². The van der Waals surface area contributed by atoms with E-state index in [0.717, 1.165) is 27.5 Å². The average Bonchev–Trinajstić information content (AvgIpc) is 2.91. The summed E-state index contributed by atoms with van der Waals surface area (Å²) in [7, 11) is 0. The second-order valence-corrected chi connectivity index (χ2v) is 8.33. The Morgan fingerprint density at radius 2 is 1.78 bits per heavy atom. The number of hydrogen-bond donors (Lipinski definition) is 0. The molecule has 0 aliphatic carbocycles. The van der Waals surface area contributed by atoms with E-state index < -0.39 is 4.92 Å². The van der Waals surface area contributed by atoms with Gasteiger partial charge in [0, 0.05) is 17.7 Å². The van der Waals surface area contributed by atoms with Gasteiger partial charge in [-0.2, -0.15) is 5.26 Å². The van der Waals surface area contributed by atoms with Gasteiger partial charge in [-0.1, -0.05) is 48.5 Å². The summed E-state index contributed by atoms with van der Waals surface area (Å²) >= 11 is 0. The molecule has 0 heterocycles. The molecule has 0 bridgehead atoms. The number of fused-ring (bicyclic) bond motifs is 1. The van der Waals surface area contributed by atoms with Crippen molar-refractivity contribution in [2.75, 3.05) is 6.61 Å². The Morgan fingerprint density at radius 3 is 2.49 bits per heavy atom. The molecule has 0 saturated carbocycles. The van der Waals surface area contributed by atoms with Gasteiger partial charge in [0.15, 0.2) is 11.5 Å². The molecule has 0 radical (unpaired) electrons. The van der Waals surface area contributed by atoms with Gasteiger partial charge in [-0.3, -0.25) is 10.1 Å². The van der Waals surface area contributed by atoms with Gasteiger partial charge in [0.2, 0.25) is 0 Å². The minimum Gasteiger partial charge on any atom is -0.490 e. The van der Waals surface area contributed by atoms with Crippen molar-refractivity contribution in [2.45, 2.75) is 20.0 Å². The summed E-state index contributed by atoms with van der Waals surface area (Å²) in [6.45, 7) is 6.61. The molecule has 4 aromatic carbocycles. The summed E-state index contributed by atoms with van der Waals surface area (Å²) in [5.41, 5.74) is 3.65. The van der Waals surface area contributed by atoms with Gasteiger partial charge in [-0.15, -0.1) is 6.58 Å². The van der Waals surface area contributed by atoms with Crippen LogP contribution in [0.25, 0.3) is 22.4 Å². The van der Waals surface area contributed by atoms with E-state index in [9.17, 15) is 15.4 Å². The van der Waals surface area contributed by atoms with Crippen LogP contribution in [-0.2, 0) is 13.0 Å². The molecule has 4 rings (SSSR count). The Labute approximate surface area is 215 Å². The van der Waals surface area contributed by atoms with Crippen molar-refractivity contribution >= 4 is 28.1 Å². The standard InChI is InChI=1S/C31H26N2O4/c1-3-8-25-17-22(18-27(20-32)23-13-15-28(16-14-23)33(34)35)19-30(36-4-2)31(25)37-21-26-11-7-10-24-9-5-6-12-29(24)26/h3,5-7,9-19H,1,4,8,21H2,2H3/b27-18+. The van der Waals surface area contributed by atoms with Crippen LogP contribution in [0.3, 0.4) is 0 Å². The summed E-state index contributed by atoms with van der Waals surface area (Å²) in [4.78, 5) is 10.5. The molecule has 0 saturated heterocycles. The van der Waals surface area contributed by atoms with Crippen molar-refractivity contribution in [3.8, 4) is 17.6 Å². The number of ether oxygens (including phenoxy) is 2. The van der Waals surface area contributed by atoms with Gasteiger partial charge < -0.3 is 9.47 Å². The number of hydrogen-bond acceptors (Lipinski definition) is 5. The van der Waals surface area contributed by atoms with E-state index in [0.29, 0.717) is 42.3 Å². The molecule has 0 N–H and O–H groups in total. The Hall–Kier alpha value is -4.89. The van der Waals surface area contributed by atoms with Crippen molar-refractivity contribution in [1.29, 1.82) is 5.26 Å². The third-order valence-corrected chi connectivity index (χ3v) is 5.89. The Kier molecular flexibility index (Phi) is 7.97. The SMILES string of the molecule is C=CCc1cc(/C=C(\C#N)c2ccc([N+](=O)[O-])cc2)cc(OCC)c1OCc1cccc2ccccc12. The van der Waals surface area contributed by atoms with Crippen molar-refractivity contribution in [3.05, 3.63) is 124 Å². The zero-order valence-corrected chi connectivity index (χ0v) is 20.5. The normalized spacial score (nSPS) is 11.1. The molecule has 0 aromatic heterocycles. The van der Waals surface area contributed by atoms with Crippen LogP contribution in [0.15, 0.2) is 91.5 Å². The first kappa shape index (κ1) is 25.2. The number of nitrogens with zero attached hydrogens (tertiary/aromatic N) is 2. The van der Waals surface area contributed by atoms with Crippen molar-refractivity contribution in [2.24, 2.45) is 0 Å². The number of benzene rings is 4. The highest BCUT2D eigenvalue weighted by Crippen LogP contribution is 2.36. The number of allylic oxidation sites excluding steroid dienone is 2. The molecule has 184 valence electrons. The zero-order valence-electron chi connectivity index (χ0n) is 20.5. The van der Waals surface area contributed by atoms with Crippen LogP contribution in [0.1, 0.15) is 29.2 Å². The predicted octanol–water partition coefficient (Wildman–Crippen LogP) is 7.52. The van der Waals surface area contributed by atoms with E-state index in [2.05, 4.69) is 36.9 Å². The van der Waals surface area contributed by atoms with Gasteiger partial charge in [0.25, 0.3) is 5.69 Å². The maximum absolute atomic E-state index is 11.0. The Morgan fingerprint density at radius 1 is 1.03 bits per heavy atom. The Bertz CT molecular complexity index is 1510. The first-order valence-electron chi connectivity index (χ1n) is 11.9. The number of nitriles is 1. The molecule has 0 aliphatic rings. The largest absolute Gasteiger partial charge is 0.490 e. The minimum absolute atomic E-state index is 0.0272. The topological polar surface area (TPSA) is 85.4 Å². The molecule has 37 heavy (non-hydrogen) atoms. The highest BCUT2D eigenvalue weighted by Gasteiger charge is 2.15. The minimum atomic E-state index is -0.466. The maximum Gasteiger partial charge on any atom is 0.269 e. The van der Waals surface area contributed by atoms with Gasteiger partial charge in [-0.05, 0) is 71.1 Å². The van der Waals surface area contributed by atoms with Crippen molar-refractivity contribution in [1.82, 2.24) is 0 Å². The first-order chi connectivity index (χ1) is 18.0. The lowest BCUT2D eigenvalue weighted by atomic mass is 10.0. The first-order valence-corrected chi connectivity index (χ1v) is 11.9. The van der Waals surface area contributed by atoms with E-state index in [1.165, 1.54) is 12.1 Å². The smallest absolute Gasteiger partial charge is 0.269 e. The summed E-state index contributed by atoms with van der Waals surface area (Å²) in [5.74, 6) is 1.22. The van der Waals surface area contributed by atoms with E-state index >= 15 is 0 Å². The lowest BCUT2D eigenvalue weighted by Gasteiger charge is -2.17. The van der Waals surface area contributed by atoms with Crippen molar-refractivity contribution in [3.63, 3.8) is 0 Å². The maximum atomic E-state index is 11.0. The van der Waals surface area contributed by atoms with E-state index in [1.807, 2.05) is 37.3 Å². The number of nitro benzene ring substituents is 1. The molecular formula is C31H26N2O4. The summed E-state index contributed by atoms with van der Waals surface area (Å²) in [6.07, 6.45) is 4.08. The molecule has 0 amide bonds. The van der Waals surface area contributed by atoms with Crippen LogP contribution < -0.4 is 9.47 Å². The molecule has 0 spiro atoms. The van der Waals surface area contributed by atoms with E-state index in [4.69, 9.17) is 9.47 Å². The van der Waals surface area contributed by atoms with Gasteiger partial charge in [0.1, 0.15) is 6.61 Å². The third-order valence-electron chi connectivity index (χ3n) is 5.89. The van der Waals surface area contributed by atoms with E-state index in [-0.39, 0.29) is 5.69 Å². The molecule has 6 heteroatoms. The highest BCUT2D eigenvalue weighted by molar-refractivity contribution is 5.90. The number of nitro groups is 1. The lowest BCUT2D eigenvalue weighted by Crippen LogP contribution is -2.04. The van der Waals surface area contributed by atoms with Gasteiger partial charge in [-0.25, -0.2) is 0 Å². The molecular weight excluding hydrogens is 464 g/mol. The van der Waals surface area contributed by atoms with Gasteiger partial charge in [0.05, 0.1) is 23.2 Å². The Balaban J connectivity index is 1.71. The molecule has 0 aliphatic heterocycles. The molecule has 0 atom stereocenters. The fourth-order valence-electron chi connectivity index (χ4n) is 4.18. The van der Waals surface area contributed by atoms with Crippen LogP contribution in [-0.4, -0.2) is 11.5 Å². The fourth-order valence-corrected chi connectivity index (χ4v) is 4.18. The fraction of sp³-hybridized carbons (Fsp3) is 0.129. The second-order valence-electron chi connectivity index (χ2n) is 8.33. The highest BCUT2D eigenvalue weighted by atomic mass is 16.6. The monoisotopic (exact) mass is 490 g/mol. The summed E-state index contributed by atoms with van der Waals surface area (Å²) < 4.78 is 12.3. The van der Waals surface area contributed by atoms with Crippen LogP contribution in [0.4, 0.5) is 5.69 Å². The molecule has 4 aromatic rings. The molecule has 0 unspecified atom stereocenters. The lowest BCUT2D eigenvalue weighted by molar-refractivity contribution is -0.384. The molecule has 0 fully saturated rings. The van der Waals surface area contributed by atoms with E-state index in [1.54, 1.807) is 24.3 Å². The number of rotatable bonds is 10. The van der Waals surface area contributed by atoms with Crippen LogP contribution in [0.2, 0.25) is 0 Å². The zero-order chi connectivity index (χ0) is 26.2. The van der Waals surface area contributed by atoms with Crippen LogP contribution >= 0.6 is 0 Å². The second kappa shape index (κ2) is 11.7. The number of non-ortho nitro benzene ring substituents is 1. The van der Waals surface area contributed by atoms with Crippen LogP contribution in [0.5, 0.6) is 11.5 Å². The summed E-state index contributed by atoms with van der Waals surface area (Å²) in [6, 6.07) is 26.2. The van der Waals surface area contributed by atoms with Crippen molar-refractivity contribution < 1.29 is 14.4 Å².